The average molecular weight is 197 g/mol. The molecule has 0 radical (unpaired) electrons. The summed E-state index contributed by atoms with van der Waals surface area (Å²) in [5.74, 6) is -0.910. The molecule has 0 aromatic carbocycles. The Hall–Kier alpha value is -1.49. The summed E-state index contributed by atoms with van der Waals surface area (Å²) in [6.45, 7) is 3.55. The number of hydrogen-bond acceptors (Lipinski definition) is 4. The fourth-order valence-electron chi connectivity index (χ4n) is 0.538. The van der Waals surface area contributed by atoms with Gasteiger partial charge in [-0.2, -0.15) is 10.2 Å². The minimum atomic E-state index is -0.931. The molecule has 0 amide bonds. The number of carboxylic acids is 1. The van der Waals surface area contributed by atoms with E-state index in [9.17, 15) is 4.79 Å². The largest absolute Gasteiger partial charge is 0.480 e. The van der Waals surface area contributed by atoms with Gasteiger partial charge in [0.25, 0.3) is 0 Å². The molecule has 0 aliphatic heterocycles. The molecule has 14 heavy (non-hydrogen) atoms. The summed E-state index contributed by atoms with van der Waals surface area (Å²) < 4.78 is 0. The standard InChI is InChI=1S/C5H11NO2.C4H4N2/c1-3(2)4(6)5(7)8;1-2-4-6-5-3-1/h3-4H,6H2,1-2H3,(H,7,8);1-4H/t4-;/m0./s1. The number of aliphatic carboxylic acids is 1. The van der Waals surface area contributed by atoms with Gasteiger partial charge in [0.1, 0.15) is 6.04 Å². The van der Waals surface area contributed by atoms with Crippen molar-refractivity contribution >= 4 is 5.97 Å². The van der Waals surface area contributed by atoms with Gasteiger partial charge in [-0.15, -0.1) is 0 Å². The molecule has 5 nitrogen and oxygen atoms in total. The van der Waals surface area contributed by atoms with Crippen LogP contribution in [0.5, 0.6) is 0 Å². The number of aromatic nitrogens is 2. The van der Waals surface area contributed by atoms with E-state index in [-0.39, 0.29) is 5.92 Å². The summed E-state index contributed by atoms with van der Waals surface area (Å²) in [7, 11) is 0. The predicted molar refractivity (Wildman–Crippen MR) is 52.5 cm³/mol. The first kappa shape index (κ1) is 12.5. The van der Waals surface area contributed by atoms with E-state index in [0.717, 1.165) is 0 Å². The van der Waals surface area contributed by atoms with Crippen LogP contribution >= 0.6 is 0 Å². The smallest absolute Gasteiger partial charge is 0.320 e. The monoisotopic (exact) mass is 197 g/mol. The topological polar surface area (TPSA) is 89.1 Å². The molecule has 0 saturated heterocycles. The molecule has 5 heteroatoms. The van der Waals surface area contributed by atoms with E-state index in [2.05, 4.69) is 10.2 Å². The van der Waals surface area contributed by atoms with Crippen LogP contribution in [0.15, 0.2) is 24.5 Å². The van der Waals surface area contributed by atoms with Crippen LogP contribution in [0.2, 0.25) is 0 Å². The summed E-state index contributed by atoms with van der Waals surface area (Å²) in [5, 5.41) is 15.3. The summed E-state index contributed by atoms with van der Waals surface area (Å²) in [5.41, 5.74) is 5.16. The first-order valence-electron chi connectivity index (χ1n) is 4.25. The predicted octanol–water partition coefficient (Wildman–Crippen LogP) is 0.531. The van der Waals surface area contributed by atoms with Gasteiger partial charge in [0.2, 0.25) is 0 Å². The molecule has 1 atom stereocenters. The lowest BCUT2D eigenvalue weighted by atomic mass is 10.1. The Bertz CT molecular complexity index is 225. The summed E-state index contributed by atoms with van der Waals surface area (Å²) in [6.07, 6.45) is 3.28. The van der Waals surface area contributed by atoms with E-state index in [0.29, 0.717) is 0 Å². The van der Waals surface area contributed by atoms with Gasteiger partial charge in [-0.05, 0) is 18.1 Å². The van der Waals surface area contributed by atoms with E-state index in [1.54, 1.807) is 26.2 Å². The van der Waals surface area contributed by atoms with Crippen LogP contribution < -0.4 is 5.73 Å². The summed E-state index contributed by atoms with van der Waals surface area (Å²) >= 11 is 0. The van der Waals surface area contributed by atoms with Crippen molar-refractivity contribution in [2.75, 3.05) is 0 Å². The highest BCUT2D eigenvalue weighted by molar-refractivity contribution is 5.73. The maximum absolute atomic E-state index is 10.0. The van der Waals surface area contributed by atoms with Crippen molar-refractivity contribution in [2.45, 2.75) is 19.9 Å². The van der Waals surface area contributed by atoms with Gasteiger partial charge in [0.05, 0.1) is 0 Å². The highest BCUT2D eigenvalue weighted by Crippen LogP contribution is 1.96. The summed E-state index contributed by atoms with van der Waals surface area (Å²) in [6, 6.07) is 2.94. The molecule has 1 aromatic rings. The Morgan fingerprint density at radius 1 is 1.29 bits per heavy atom. The third kappa shape index (κ3) is 6.07. The van der Waals surface area contributed by atoms with Crippen molar-refractivity contribution in [3.8, 4) is 0 Å². The Morgan fingerprint density at radius 3 is 1.79 bits per heavy atom. The van der Waals surface area contributed by atoms with Gasteiger partial charge in [-0.25, -0.2) is 0 Å². The van der Waals surface area contributed by atoms with Crippen molar-refractivity contribution < 1.29 is 9.90 Å². The van der Waals surface area contributed by atoms with Gasteiger partial charge < -0.3 is 10.8 Å². The molecule has 0 unspecified atom stereocenters. The Labute approximate surface area is 83.0 Å². The van der Waals surface area contributed by atoms with Crippen molar-refractivity contribution in [2.24, 2.45) is 11.7 Å². The first-order chi connectivity index (χ1) is 6.55. The van der Waals surface area contributed by atoms with E-state index in [1.807, 2.05) is 12.1 Å². The van der Waals surface area contributed by atoms with Gasteiger partial charge in [0.15, 0.2) is 0 Å². The van der Waals surface area contributed by atoms with Gasteiger partial charge in [0, 0.05) is 12.4 Å². The highest BCUT2D eigenvalue weighted by Gasteiger charge is 2.14. The van der Waals surface area contributed by atoms with Crippen LogP contribution in [0.3, 0.4) is 0 Å². The second-order valence-corrected chi connectivity index (χ2v) is 3.02. The van der Waals surface area contributed by atoms with Crippen molar-refractivity contribution in [1.82, 2.24) is 10.2 Å². The third-order valence-corrected chi connectivity index (χ3v) is 1.49. The zero-order valence-corrected chi connectivity index (χ0v) is 8.29. The minimum absolute atomic E-state index is 0.0208. The second kappa shape index (κ2) is 6.97. The van der Waals surface area contributed by atoms with E-state index in [4.69, 9.17) is 10.8 Å². The second-order valence-electron chi connectivity index (χ2n) is 3.02. The van der Waals surface area contributed by atoms with Gasteiger partial charge in [-0.3, -0.25) is 4.79 Å². The molecule has 78 valence electrons. The lowest BCUT2D eigenvalue weighted by Crippen LogP contribution is -2.34. The molecule has 1 aromatic heterocycles. The lowest BCUT2D eigenvalue weighted by molar-refractivity contribution is -0.139. The van der Waals surface area contributed by atoms with E-state index < -0.39 is 12.0 Å². The van der Waals surface area contributed by atoms with Crippen LogP contribution in [0.1, 0.15) is 13.8 Å². The number of hydrogen-bond donors (Lipinski definition) is 2. The number of carboxylic acid groups (broad SMARTS) is 1. The fourth-order valence-corrected chi connectivity index (χ4v) is 0.538. The molecular formula is C9H15N3O2. The Balaban J connectivity index is 0.000000249. The fraction of sp³-hybridized carbons (Fsp3) is 0.444. The van der Waals surface area contributed by atoms with Crippen molar-refractivity contribution in [3.63, 3.8) is 0 Å². The molecule has 0 aliphatic carbocycles. The lowest BCUT2D eigenvalue weighted by Gasteiger charge is -2.07. The molecule has 0 aliphatic rings. The number of rotatable bonds is 2. The summed E-state index contributed by atoms with van der Waals surface area (Å²) in [4.78, 5) is 10.0. The van der Waals surface area contributed by atoms with E-state index in [1.165, 1.54) is 0 Å². The van der Waals surface area contributed by atoms with Crippen molar-refractivity contribution in [3.05, 3.63) is 24.5 Å². The van der Waals surface area contributed by atoms with Crippen LogP contribution in [-0.2, 0) is 4.79 Å². The number of nitrogens with zero attached hydrogens (tertiary/aromatic N) is 2. The van der Waals surface area contributed by atoms with Gasteiger partial charge in [-0.1, -0.05) is 13.8 Å². The zero-order chi connectivity index (χ0) is 11.0. The molecule has 1 rings (SSSR count). The third-order valence-electron chi connectivity index (χ3n) is 1.49. The molecule has 1 heterocycles. The van der Waals surface area contributed by atoms with Crippen LogP contribution in [0.25, 0.3) is 0 Å². The average Bonchev–Trinajstić information content (AvgIpc) is 2.20. The van der Waals surface area contributed by atoms with Crippen molar-refractivity contribution in [1.29, 1.82) is 0 Å². The van der Waals surface area contributed by atoms with E-state index >= 15 is 0 Å². The van der Waals surface area contributed by atoms with Crippen LogP contribution in [0.4, 0.5) is 0 Å². The minimum Gasteiger partial charge on any atom is -0.480 e. The molecule has 0 fully saturated rings. The molecule has 0 spiro atoms. The molecule has 0 bridgehead atoms. The molecule has 0 saturated carbocycles. The SMILES string of the molecule is CC(C)[C@H](N)C(=O)O.c1ccnnc1. The van der Waals surface area contributed by atoms with Gasteiger partial charge >= 0.3 is 5.97 Å². The quantitative estimate of drug-likeness (QED) is 0.721. The molecular weight excluding hydrogens is 182 g/mol. The highest BCUT2D eigenvalue weighted by atomic mass is 16.4. The molecule has 3 N–H and O–H groups in total. The zero-order valence-electron chi connectivity index (χ0n) is 8.29. The number of nitrogens with two attached hydrogens (primary N) is 1. The maximum atomic E-state index is 10.0. The van der Waals surface area contributed by atoms with Crippen LogP contribution in [-0.4, -0.2) is 27.3 Å². The van der Waals surface area contributed by atoms with Crippen LogP contribution in [0, 0.1) is 5.92 Å². The first-order valence-corrected chi connectivity index (χ1v) is 4.25. The maximum Gasteiger partial charge on any atom is 0.320 e. The number of carbonyl (C=O) groups is 1. The normalized spacial score (nSPS) is 11.4. The Morgan fingerprint density at radius 2 is 1.71 bits per heavy atom. The Kier molecular flexibility index (Phi) is 6.22.